The number of halogens is 1. The van der Waals surface area contributed by atoms with Crippen molar-refractivity contribution in [2.75, 3.05) is 6.54 Å². The Hall–Kier alpha value is -2.11. The minimum absolute atomic E-state index is 0.164. The van der Waals surface area contributed by atoms with Gasteiger partial charge in [0.2, 0.25) is 12.0 Å². The molecule has 0 aliphatic carbocycles. The number of carboxylic acid groups (broad SMARTS) is 1. The minimum atomic E-state index is -1.23. The molecule has 20 heavy (non-hydrogen) atoms. The Morgan fingerprint density at radius 2 is 1.85 bits per heavy atom. The van der Waals surface area contributed by atoms with Crippen LogP contribution in [0.25, 0.3) is 0 Å². The maximum absolute atomic E-state index is 12.7. The molecule has 1 atom stereocenters. The monoisotopic (exact) mass is 283 g/mol. The molecule has 0 bridgehead atoms. The van der Waals surface area contributed by atoms with E-state index in [2.05, 4.69) is 5.32 Å². The fraction of sp³-hybridized carbons (Fsp3) is 0.429. The van der Waals surface area contributed by atoms with Crippen molar-refractivity contribution >= 4 is 11.9 Å². The normalized spacial score (nSPS) is 12.6. The number of hydrogen-bond acceptors (Lipinski definition) is 3. The average Bonchev–Trinajstić information content (AvgIpc) is 2.34. The van der Waals surface area contributed by atoms with E-state index in [1.54, 1.807) is 20.8 Å². The summed E-state index contributed by atoms with van der Waals surface area (Å²) in [6.07, 6.45) is -1.23. The molecule has 0 aliphatic rings. The van der Waals surface area contributed by atoms with Crippen LogP contribution in [0.3, 0.4) is 0 Å². The van der Waals surface area contributed by atoms with Gasteiger partial charge in [0, 0.05) is 5.41 Å². The molecule has 0 radical (unpaired) electrons. The topological polar surface area (TPSA) is 75.6 Å². The van der Waals surface area contributed by atoms with Gasteiger partial charge in [-0.05, 0) is 24.3 Å². The van der Waals surface area contributed by atoms with Crippen molar-refractivity contribution in [3.8, 4) is 5.75 Å². The molecule has 1 aromatic carbocycles. The van der Waals surface area contributed by atoms with Crippen molar-refractivity contribution < 1.29 is 23.8 Å². The third-order valence-electron chi connectivity index (χ3n) is 2.50. The van der Waals surface area contributed by atoms with E-state index in [4.69, 9.17) is 9.84 Å². The Balaban J connectivity index is 2.64. The number of aliphatic carboxylic acids is 1. The van der Waals surface area contributed by atoms with E-state index >= 15 is 0 Å². The first-order valence-electron chi connectivity index (χ1n) is 6.13. The van der Waals surface area contributed by atoms with E-state index in [-0.39, 0.29) is 18.2 Å². The lowest BCUT2D eigenvalue weighted by atomic mass is 9.96. The Morgan fingerprint density at radius 3 is 2.30 bits per heavy atom. The summed E-state index contributed by atoms with van der Waals surface area (Å²) < 4.78 is 18.0. The summed E-state index contributed by atoms with van der Waals surface area (Å²) in [6.45, 7) is 5.00. The van der Waals surface area contributed by atoms with Crippen molar-refractivity contribution in [2.24, 2.45) is 5.41 Å². The van der Waals surface area contributed by atoms with Crippen LogP contribution in [0, 0.1) is 11.2 Å². The lowest BCUT2D eigenvalue weighted by Gasteiger charge is -2.20. The molecule has 0 aliphatic heterocycles. The molecule has 2 N–H and O–H groups in total. The van der Waals surface area contributed by atoms with Gasteiger partial charge in [-0.2, -0.15) is 0 Å². The number of nitrogens with one attached hydrogen (secondary N) is 1. The lowest BCUT2D eigenvalue weighted by Crippen LogP contribution is -2.44. The van der Waals surface area contributed by atoms with Gasteiger partial charge in [0.1, 0.15) is 11.6 Å². The van der Waals surface area contributed by atoms with Crippen molar-refractivity contribution in [3.05, 3.63) is 30.1 Å². The predicted octanol–water partition coefficient (Wildman–Crippen LogP) is 1.82. The summed E-state index contributed by atoms with van der Waals surface area (Å²) in [5.41, 5.74) is -0.612. The fourth-order valence-corrected chi connectivity index (χ4v) is 1.31. The number of amides is 1. The number of benzene rings is 1. The van der Waals surface area contributed by atoms with E-state index in [1.807, 2.05) is 0 Å². The zero-order valence-corrected chi connectivity index (χ0v) is 11.6. The van der Waals surface area contributed by atoms with E-state index in [0.717, 1.165) is 0 Å². The van der Waals surface area contributed by atoms with Gasteiger partial charge in [-0.3, -0.25) is 4.79 Å². The molecule has 6 heteroatoms. The quantitative estimate of drug-likeness (QED) is 0.864. The number of carbonyl (C=O) groups is 2. The second kappa shape index (κ2) is 6.36. The molecule has 0 saturated heterocycles. The predicted molar refractivity (Wildman–Crippen MR) is 70.9 cm³/mol. The molecular formula is C14H18FNO4. The molecule has 0 fully saturated rings. The van der Waals surface area contributed by atoms with Gasteiger partial charge in [0.05, 0.1) is 6.54 Å². The second-order valence-electron chi connectivity index (χ2n) is 5.36. The standard InChI is InChI=1S/C14H18FNO4/c1-14(2,3)13(19)16-8-11(12(17)18)20-10-6-4-9(15)5-7-10/h4-7,11H,8H2,1-3H3,(H,16,19)(H,17,18). The Labute approximate surface area is 116 Å². The van der Waals surface area contributed by atoms with Gasteiger partial charge in [0.15, 0.2) is 0 Å². The summed E-state index contributed by atoms with van der Waals surface area (Å²) in [7, 11) is 0. The van der Waals surface area contributed by atoms with Crippen LogP contribution in [0.15, 0.2) is 24.3 Å². The van der Waals surface area contributed by atoms with Gasteiger partial charge >= 0.3 is 5.97 Å². The highest BCUT2D eigenvalue weighted by atomic mass is 19.1. The highest BCUT2D eigenvalue weighted by molar-refractivity contribution is 5.82. The molecule has 5 nitrogen and oxygen atoms in total. The van der Waals surface area contributed by atoms with Crippen LogP contribution < -0.4 is 10.1 Å². The Morgan fingerprint density at radius 1 is 1.30 bits per heavy atom. The summed E-state index contributed by atoms with van der Waals surface area (Å²) in [5, 5.41) is 11.6. The largest absolute Gasteiger partial charge is 0.478 e. The zero-order chi connectivity index (χ0) is 15.3. The second-order valence-corrected chi connectivity index (χ2v) is 5.36. The highest BCUT2D eigenvalue weighted by Crippen LogP contribution is 2.14. The number of rotatable bonds is 5. The molecule has 0 heterocycles. The van der Waals surface area contributed by atoms with Gasteiger partial charge in [-0.15, -0.1) is 0 Å². The van der Waals surface area contributed by atoms with Crippen LogP contribution in [-0.2, 0) is 9.59 Å². The number of carbonyl (C=O) groups excluding carboxylic acids is 1. The van der Waals surface area contributed by atoms with Gasteiger partial charge in [-0.1, -0.05) is 20.8 Å². The van der Waals surface area contributed by atoms with Gasteiger partial charge < -0.3 is 15.2 Å². The van der Waals surface area contributed by atoms with E-state index < -0.39 is 23.3 Å². The van der Waals surface area contributed by atoms with E-state index in [1.165, 1.54) is 24.3 Å². The maximum atomic E-state index is 12.7. The molecular weight excluding hydrogens is 265 g/mol. The lowest BCUT2D eigenvalue weighted by molar-refractivity contribution is -0.145. The molecule has 1 aromatic rings. The van der Waals surface area contributed by atoms with Crippen LogP contribution in [-0.4, -0.2) is 29.6 Å². The highest BCUT2D eigenvalue weighted by Gasteiger charge is 2.25. The van der Waals surface area contributed by atoms with Crippen LogP contribution >= 0.6 is 0 Å². The van der Waals surface area contributed by atoms with Crippen LogP contribution in [0.2, 0.25) is 0 Å². The first-order chi connectivity index (χ1) is 9.20. The minimum Gasteiger partial charge on any atom is -0.478 e. The van der Waals surface area contributed by atoms with Crippen molar-refractivity contribution in [2.45, 2.75) is 26.9 Å². The molecule has 1 unspecified atom stereocenters. The van der Waals surface area contributed by atoms with E-state index in [9.17, 15) is 14.0 Å². The van der Waals surface area contributed by atoms with Crippen molar-refractivity contribution in [1.29, 1.82) is 0 Å². The molecule has 0 spiro atoms. The number of ether oxygens (including phenoxy) is 1. The van der Waals surface area contributed by atoms with E-state index in [0.29, 0.717) is 0 Å². The molecule has 1 rings (SSSR count). The molecule has 110 valence electrons. The van der Waals surface area contributed by atoms with Gasteiger partial charge in [-0.25, -0.2) is 9.18 Å². The van der Waals surface area contributed by atoms with Crippen LogP contribution in [0.1, 0.15) is 20.8 Å². The van der Waals surface area contributed by atoms with Gasteiger partial charge in [0.25, 0.3) is 0 Å². The number of carboxylic acids is 1. The number of hydrogen-bond donors (Lipinski definition) is 2. The summed E-state index contributed by atoms with van der Waals surface area (Å²) in [4.78, 5) is 22.8. The summed E-state index contributed by atoms with van der Waals surface area (Å²) in [5.74, 6) is -1.69. The third-order valence-corrected chi connectivity index (χ3v) is 2.50. The molecule has 0 aromatic heterocycles. The Kier molecular flexibility index (Phi) is 5.07. The first kappa shape index (κ1) is 15.9. The Bertz CT molecular complexity index is 479. The average molecular weight is 283 g/mol. The fourth-order valence-electron chi connectivity index (χ4n) is 1.31. The zero-order valence-electron chi connectivity index (χ0n) is 11.6. The smallest absolute Gasteiger partial charge is 0.346 e. The molecule has 1 amide bonds. The first-order valence-corrected chi connectivity index (χ1v) is 6.13. The maximum Gasteiger partial charge on any atom is 0.346 e. The summed E-state index contributed by atoms with van der Waals surface area (Å²) >= 11 is 0. The third kappa shape index (κ3) is 4.87. The SMILES string of the molecule is CC(C)(C)C(=O)NCC(Oc1ccc(F)cc1)C(=O)O. The van der Waals surface area contributed by atoms with Crippen LogP contribution in [0.5, 0.6) is 5.75 Å². The van der Waals surface area contributed by atoms with Crippen molar-refractivity contribution in [3.63, 3.8) is 0 Å². The van der Waals surface area contributed by atoms with Crippen molar-refractivity contribution in [1.82, 2.24) is 5.32 Å². The van der Waals surface area contributed by atoms with Crippen LogP contribution in [0.4, 0.5) is 4.39 Å². The molecule has 0 saturated carbocycles. The summed E-state index contributed by atoms with van der Waals surface area (Å²) in [6, 6.07) is 5.00.